The number of esters is 1. The lowest BCUT2D eigenvalue weighted by molar-refractivity contribution is -0.380. The number of benzene rings is 1. The summed E-state index contributed by atoms with van der Waals surface area (Å²) in [7, 11) is 0. The van der Waals surface area contributed by atoms with Crippen LogP contribution in [0.1, 0.15) is 41.9 Å². The Kier molecular flexibility index (Phi) is 7.11. The zero-order chi connectivity index (χ0) is 21.7. The van der Waals surface area contributed by atoms with Gasteiger partial charge in [0, 0.05) is 6.07 Å². The average Bonchev–Trinajstić information content (AvgIpc) is 3.32. The molecule has 1 aromatic carbocycles. The maximum absolute atomic E-state index is 12.6. The van der Waals surface area contributed by atoms with Crippen LogP contribution in [0.2, 0.25) is 0 Å². The minimum atomic E-state index is -0.580. The molecule has 0 spiro atoms. The lowest BCUT2D eigenvalue weighted by Crippen LogP contribution is -2.23. The van der Waals surface area contributed by atoms with E-state index in [-0.39, 0.29) is 23.0 Å². The molecule has 0 aliphatic rings. The molecule has 0 atom stereocenters. The third kappa shape index (κ3) is 5.00. The van der Waals surface area contributed by atoms with E-state index < -0.39 is 16.8 Å². The Morgan fingerprint density at radius 1 is 1.20 bits per heavy atom. The molecule has 10 heteroatoms. The first kappa shape index (κ1) is 21.8. The Labute approximate surface area is 180 Å². The van der Waals surface area contributed by atoms with E-state index in [0.717, 1.165) is 40.8 Å². The standard InChI is InChI=1S/C20H21N3O5S2/c1-3-5-6-13-7-8-14-16(11-13)30-20(22(14)12-18(24)28-4-2)21-19(25)15-9-10-17(29-15)23(26)27/h7-11H,3-6,12H2,1-2H3. The quantitative estimate of drug-likeness (QED) is 0.291. The minimum absolute atomic E-state index is 0.0706. The van der Waals surface area contributed by atoms with Crippen LogP contribution in [-0.2, 0) is 22.5 Å². The molecule has 0 fully saturated rings. The number of thiazole rings is 1. The summed E-state index contributed by atoms with van der Waals surface area (Å²) in [5, 5.41) is 10.8. The van der Waals surface area contributed by atoms with Crippen LogP contribution in [0, 0.1) is 10.1 Å². The third-order valence-corrected chi connectivity index (χ3v) is 6.40. The highest BCUT2D eigenvalue weighted by Crippen LogP contribution is 2.25. The molecular formula is C20H21N3O5S2. The number of amides is 1. The molecular weight excluding hydrogens is 426 g/mol. The number of carbonyl (C=O) groups excluding carboxylic acids is 2. The first-order chi connectivity index (χ1) is 14.4. The molecule has 3 rings (SSSR count). The normalized spacial score (nSPS) is 11.7. The van der Waals surface area contributed by atoms with Crippen LogP contribution in [-0.4, -0.2) is 28.0 Å². The molecule has 3 aromatic rings. The van der Waals surface area contributed by atoms with Gasteiger partial charge in [0.2, 0.25) is 0 Å². The van der Waals surface area contributed by atoms with Gasteiger partial charge < -0.3 is 9.30 Å². The Morgan fingerprint density at radius 2 is 2.00 bits per heavy atom. The summed E-state index contributed by atoms with van der Waals surface area (Å²) in [6.07, 6.45) is 3.12. The van der Waals surface area contributed by atoms with Gasteiger partial charge in [0.05, 0.1) is 21.7 Å². The number of thiophene rings is 1. The number of hydrogen-bond acceptors (Lipinski definition) is 7. The van der Waals surface area contributed by atoms with Gasteiger partial charge in [-0.1, -0.05) is 42.1 Å². The lowest BCUT2D eigenvalue weighted by atomic mass is 10.1. The topological polar surface area (TPSA) is 104 Å². The summed E-state index contributed by atoms with van der Waals surface area (Å²) in [5.74, 6) is -1.00. The van der Waals surface area contributed by atoms with Gasteiger partial charge in [0.15, 0.2) is 4.80 Å². The molecule has 0 radical (unpaired) electrons. The van der Waals surface area contributed by atoms with E-state index in [0.29, 0.717) is 4.80 Å². The van der Waals surface area contributed by atoms with E-state index >= 15 is 0 Å². The van der Waals surface area contributed by atoms with Crippen molar-refractivity contribution in [1.82, 2.24) is 4.57 Å². The van der Waals surface area contributed by atoms with E-state index in [2.05, 4.69) is 18.0 Å². The van der Waals surface area contributed by atoms with Gasteiger partial charge in [-0.25, -0.2) is 0 Å². The summed E-state index contributed by atoms with van der Waals surface area (Å²) in [6.45, 7) is 4.05. The second kappa shape index (κ2) is 9.77. The monoisotopic (exact) mass is 447 g/mol. The minimum Gasteiger partial charge on any atom is -0.465 e. The van der Waals surface area contributed by atoms with Crippen LogP contribution in [0.5, 0.6) is 0 Å². The highest BCUT2D eigenvalue weighted by atomic mass is 32.1. The van der Waals surface area contributed by atoms with Crippen LogP contribution in [0.15, 0.2) is 35.3 Å². The van der Waals surface area contributed by atoms with Crippen molar-refractivity contribution in [1.29, 1.82) is 0 Å². The number of unbranched alkanes of at least 4 members (excludes halogenated alkanes) is 1. The highest BCUT2D eigenvalue weighted by molar-refractivity contribution is 7.17. The van der Waals surface area contributed by atoms with Crippen molar-refractivity contribution in [2.24, 2.45) is 4.99 Å². The second-order valence-electron chi connectivity index (χ2n) is 6.49. The SMILES string of the molecule is CCCCc1ccc2c(c1)sc(=NC(=O)c1ccc([N+](=O)[O-])s1)n2CC(=O)OCC. The van der Waals surface area contributed by atoms with Gasteiger partial charge in [-0.2, -0.15) is 4.99 Å². The van der Waals surface area contributed by atoms with Crippen LogP contribution in [0.4, 0.5) is 5.00 Å². The first-order valence-corrected chi connectivity index (χ1v) is 11.2. The van der Waals surface area contributed by atoms with E-state index in [4.69, 9.17) is 4.74 Å². The lowest BCUT2D eigenvalue weighted by Gasteiger charge is -2.06. The predicted octanol–water partition coefficient (Wildman–Crippen LogP) is 4.32. The van der Waals surface area contributed by atoms with Crippen molar-refractivity contribution in [2.75, 3.05) is 6.61 Å². The number of ether oxygens (including phenoxy) is 1. The Morgan fingerprint density at radius 3 is 2.67 bits per heavy atom. The summed E-state index contributed by atoms with van der Waals surface area (Å²) >= 11 is 2.08. The van der Waals surface area contributed by atoms with E-state index in [1.54, 1.807) is 11.5 Å². The van der Waals surface area contributed by atoms with Crippen LogP contribution >= 0.6 is 22.7 Å². The van der Waals surface area contributed by atoms with Crippen LogP contribution in [0.3, 0.4) is 0 Å². The largest absolute Gasteiger partial charge is 0.465 e. The van der Waals surface area contributed by atoms with E-state index in [1.165, 1.54) is 29.0 Å². The Balaban J connectivity index is 2.05. The van der Waals surface area contributed by atoms with Gasteiger partial charge in [0.1, 0.15) is 11.4 Å². The number of rotatable bonds is 8. The van der Waals surface area contributed by atoms with Crippen LogP contribution < -0.4 is 4.80 Å². The maximum atomic E-state index is 12.6. The zero-order valence-corrected chi connectivity index (χ0v) is 18.3. The van der Waals surface area contributed by atoms with E-state index in [1.807, 2.05) is 12.1 Å². The van der Waals surface area contributed by atoms with Gasteiger partial charge >= 0.3 is 11.0 Å². The van der Waals surface area contributed by atoms with E-state index in [9.17, 15) is 19.7 Å². The molecule has 0 saturated carbocycles. The Bertz CT molecular complexity index is 1160. The molecule has 0 saturated heterocycles. The van der Waals surface area contributed by atoms with Crippen LogP contribution in [0.25, 0.3) is 10.2 Å². The van der Waals surface area contributed by atoms with Crippen molar-refractivity contribution in [3.63, 3.8) is 0 Å². The molecule has 0 bridgehead atoms. The summed E-state index contributed by atoms with van der Waals surface area (Å²) in [4.78, 5) is 39.7. The smallest absolute Gasteiger partial charge is 0.326 e. The van der Waals surface area contributed by atoms with Gasteiger partial charge in [-0.15, -0.1) is 0 Å². The first-order valence-electron chi connectivity index (χ1n) is 9.54. The molecule has 0 unspecified atom stereocenters. The fourth-order valence-corrected chi connectivity index (χ4v) is 4.71. The maximum Gasteiger partial charge on any atom is 0.326 e. The van der Waals surface area contributed by atoms with Gasteiger partial charge in [-0.05, 0) is 43.5 Å². The predicted molar refractivity (Wildman–Crippen MR) is 116 cm³/mol. The molecule has 0 aliphatic heterocycles. The van der Waals surface area contributed by atoms with Gasteiger partial charge in [-0.3, -0.25) is 19.7 Å². The molecule has 0 N–H and O–H groups in total. The molecule has 158 valence electrons. The second-order valence-corrected chi connectivity index (χ2v) is 8.56. The molecule has 2 aromatic heterocycles. The van der Waals surface area contributed by atoms with Gasteiger partial charge in [0.25, 0.3) is 5.91 Å². The molecule has 30 heavy (non-hydrogen) atoms. The number of aryl methyl sites for hydroxylation is 1. The van der Waals surface area contributed by atoms with Crippen molar-refractivity contribution >= 4 is 49.8 Å². The summed E-state index contributed by atoms with van der Waals surface area (Å²) in [5.41, 5.74) is 1.97. The average molecular weight is 448 g/mol. The number of fused-ring (bicyclic) bond motifs is 1. The molecule has 2 heterocycles. The fraction of sp³-hybridized carbons (Fsp3) is 0.350. The number of nitro groups is 1. The number of nitrogens with zero attached hydrogens (tertiary/aromatic N) is 3. The number of hydrogen-bond donors (Lipinski definition) is 0. The summed E-state index contributed by atoms with van der Waals surface area (Å²) in [6, 6.07) is 8.67. The molecule has 0 aliphatic carbocycles. The zero-order valence-electron chi connectivity index (χ0n) is 16.6. The third-order valence-electron chi connectivity index (χ3n) is 4.34. The molecule has 1 amide bonds. The van der Waals surface area contributed by atoms with Crippen molar-refractivity contribution in [3.8, 4) is 0 Å². The van der Waals surface area contributed by atoms with Crippen molar-refractivity contribution < 1.29 is 19.2 Å². The van der Waals surface area contributed by atoms with Crippen molar-refractivity contribution in [3.05, 3.63) is 55.7 Å². The number of aromatic nitrogens is 1. The number of carbonyl (C=O) groups is 2. The molecule has 8 nitrogen and oxygen atoms in total. The Hall–Kier alpha value is -2.85. The van der Waals surface area contributed by atoms with Crippen molar-refractivity contribution in [2.45, 2.75) is 39.7 Å². The highest BCUT2D eigenvalue weighted by Gasteiger charge is 2.17. The summed E-state index contributed by atoms with van der Waals surface area (Å²) < 4.78 is 7.63. The fourth-order valence-electron chi connectivity index (χ4n) is 2.91.